The topological polar surface area (TPSA) is 35.5 Å². The smallest absolute Gasteiger partial charge is 0.335 e. The predicted octanol–water partition coefficient (Wildman–Crippen LogP) is 3.70. The van der Waals surface area contributed by atoms with Crippen LogP contribution in [-0.4, -0.2) is 18.7 Å². The average Bonchev–Trinajstić information content (AvgIpc) is 2.35. The molecule has 1 aromatic rings. The summed E-state index contributed by atoms with van der Waals surface area (Å²) in [5.74, 6) is -0.269. The zero-order valence-corrected chi connectivity index (χ0v) is 12.4. The van der Waals surface area contributed by atoms with Gasteiger partial charge in [0.05, 0.1) is 13.2 Å². The number of hydrogen-bond acceptors (Lipinski definition) is 3. The van der Waals surface area contributed by atoms with E-state index in [0.29, 0.717) is 19.6 Å². The molecule has 0 heterocycles. The molecule has 0 aliphatic carbocycles. The minimum absolute atomic E-state index is 0.269. The fraction of sp³-hybridized carbons (Fsp3) is 0.500. The van der Waals surface area contributed by atoms with Crippen molar-refractivity contribution >= 4 is 21.9 Å². The van der Waals surface area contributed by atoms with Gasteiger partial charge in [-0.15, -0.1) is 0 Å². The van der Waals surface area contributed by atoms with Crippen molar-refractivity contribution in [2.75, 3.05) is 6.61 Å². The first kappa shape index (κ1) is 15.2. The third-order valence-electron chi connectivity index (χ3n) is 2.44. The van der Waals surface area contributed by atoms with Gasteiger partial charge in [0.2, 0.25) is 0 Å². The number of esters is 1. The van der Waals surface area contributed by atoms with E-state index in [2.05, 4.69) is 15.9 Å². The van der Waals surface area contributed by atoms with Gasteiger partial charge in [-0.2, -0.15) is 0 Å². The molecular weight excluding hydrogens is 296 g/mol. The SMILES string of the molecule is CCCC(OCc1cccc(Br)c1)C(=O)OCC. The van der Waals surface area contributed by atoms with Gasteiger partial charge < -0.3 is 9.47 Å². The molecule has 0 N–H and O–H groups in total. The molecule has 0 saturated heterocycles. The predicted molar refractivity (Wildman–Crippen MR) is 74.3 cm³/mol. The van der Waals surface area contributed by atoms with Crippen molar-refractivity contribution in [3.63, 3.8) is 0 Å². The van der Waals surface area contributed by atoms with Gasteiger partial charge in [-0.05, 0) is 31.0 Å². The van der Waals surface area contributed by atoms with Gasteiger partial charge in [-0.1, -0.05) is 41.4 Å². The summed E-state index contributed by atoms with van der Waals surface area (Å²) in [7, 11) is 0. The van der Waals surface area contributed by atoms with Crippen LogP contribution in [0.1, 0.15) is 32.3 Å². The van der Waals surface area contributed by atoms with Crippen LogP contribution >= 0.6 is 15.9 Å². The Morgan fingerprint density at radius 3 is 2.78 bits per heavy atom. The molecule has 0 amide bonds. The molecule has 0 aromatic heterocycles. The molecule has 100 valence electrons. The Labute approximate surface area is 117 Å². The van der Waals surface area contributed by atoms with E-state index in [0.717, 1.165) is 16.5 Å². The van der Waals surface area contributed by atoms with Gasteiger partial charge in [0, 0.05) is 4.47 Å². The summed E-state index contributed by atoms with van der Waals surface area (Å²) in [4.78, 5) is 11.7. The second-order valence-corrected chi connectivity index (χ2v) is 4.89. The maximum absolute atomic E-state index is 11.7. The maximum Gasteiger partial charge on any atom is 0.335 e. The summed E-state index contributed by atoms with van der Waals surface area (Å²) < 4.78 is 11.6. The van der Waals surface area contributed by atoms with E-state index in [9.17, 15) is 4.79 Å². The van der Waals surface area contributed by atoms with Crippen LogP contribution in [0.25, 0.3) is 0 Å². The monoisotopic (exact) mass is 314 g/mol. The van der Waals surface area contributed by atoms with E-state index >= 15 is 0 Å². The van der Waals surface area contributed by atoms with E-state index in [1.807, 2.05) is 31.2 Å². The third kappa shape index (κ3) is 5.19. The molecule has 0 saturated carbocycles. The Morgan fingerprint density at radius 1 is 1.39 bits per heavy atom. The molecule has 1 aromatic carbocycles. The molecule has 1 atom stereocenters. The standard InChI is InChI=1S/C14H19BrO3/c1-3-6-13(14(16)17-4-2)18-10-11-7-5-8-12(15)9-11/h5,7-9,13H,3-4,6,10H2,1-2H3. The Hall–Kier alpha value is -0.870. The van der Waals surface area contributed by atoms with Crippen LogP contribution < -0.4 is 0 Å². The van der Waals surface area contributed by atoms with Crippen LogP contribution in [0.3, 0.4) is 0 Å². The summed E-state index contributed by atoms with van der Waals surface area (Å²) in [6, 6.07) is 7.85. The van der Waals surface area contributed by atoms with Gasteiger partial charge in [-0.3, -0.25) is 0 Å². The normalized spacial score (nSPS) is 12.2. The van der Waals surface area contributed by atoms with Crippen LogP contribution in [0.2, 0.25) is 0 Å². The van der Waals surface area contributed by atoms with Crippen molar-refractivity contribution in [2.24, 2.45) is 0 Å². The van der Waals surface area contributed by atoms with Crippen molar-refractivity contribution < 1.29 is 14.3 Å². The second-order valence-electron chi connectivity index (χ2n) is 3.97. The van der Waals surface area contributed by atoms with Gasteiger partial charge in [0.25, 0.3) is 0 Å². The molecule has 1 unspecified atom stereocenters. The van der Waals surface area contributed by atoms with Crippen LogP contribution in [0.5, 0.6) is 0 Å². The first-order valence-electron chi connectivity index (χ1n) is 6.20. The number of ether oxygens (including phenoxy) is 2. The number of carbonyl (C=O) groups excluding carboxylic acids is 1. The Morgan fingerprint density at radius 2 is 2.17 bits per heavy atom. The Balaban J connectivity index is 2.53. The van der Waals surface area contributed by atoms with Crippen LogP contribution in [0.15, 0.2) is 28.7 Å². The minimum Gasteiger partial charge on any atom is -0.464 e. The van der Waals surface area contributed by atoms with E-state index in [-0.39, 0.29) is 5.97 Å². The summed E-state index contributed by atoms with van der Waals surface area (Å²) >= 11 is 3.41. The summed E-state index contributed by atoms with van der Waals surface area (Å²) in [5.41, 5.74) is 1.04. The highest BCUT2D eigenvalue weighted by molar-refractivity contribution is 9.10. The van der Waals surface area contributed by atoms with Gasteiger partial charge in [0.1, 0.15) is 0 Å². The van der Waals surface area contributed by atoms with Crippen molar-refractivity contribution in [1.29, 1.82) is 0 Å². The molecule has 4 heteroatoms. The van der Waals surface area contributed by atoms with Crippen LogP contribution in [0, 0.1) is 0 Å². The fourth-order valence-electron chi connectivity index (χ4n) is 1.59. The van der Waals surface area contributed by atoms with Crippen molar-refractivity contribution in [3.05, 3.63) is 34.3 Å². The van der Waals surface area contributed by atoms with Crippen molar-refractivity contribution in [1.82, 2.24) is 0 Å². The lowest BCUT2D eigenvalue weighted by molar-refractivity contribution is -0.158. The van der Waals surface area contributed by atoms with E-state index < -0.39 is 6.10 Å². The number of rotatable bonds is 7. The summed E-state index contributed by atoms with van der Waals surface area (Å²) in [6.45, 7) is 4.63. The zero-order chi connectivity index (χ0) is 13.4. The first-order valence-corrected chi connectivity index (χ1v) is 6.99. The van der Waals surface area contributed by atoms with Crippen molar-refractivity contribution in [2.45, 2.75) is 39.4 Å². The van der Waals surface area contributed by atoms with E-state index in [1.165, 1.54) is 0 Å². The number of halogens is 1. The molecule has 0 aliphatic rings. The highest BCUT2D eigenvalue weighted by Gasteiger charge is 2.19. The quantitative estimate of drug-likeness (QED) is 0.720. The minimum atomic E-state index is -0.464. The molecule has 1 rings (SSSR count). The van der Waals surface area contributed by atoms with Gasteiger partial charge >= 0.3 is 5.97 Å². The third-order valence-corrected chi connectivity index (χ3v) is 2.93. The zero-order valence-electron chi connectivity index (χ0n) is 10.8. The molecule has 0 aliphatic heterocycles. The molecule has 0 bridgehead atoms. The maximum atomic E-state index is 11.7. The van der Waals surface area contributed by atoms with E-state index in [1.54, 1.807) is 6.92 Å². The van der Waals surface area contributed by atoms with E-state index in [4.69, 9.17) is 9.47 Å². The Bertz CT molecular complexity index is 379. The number of benzene rings is 1. The number of hydrogen-bond donors (Lipinski definition) is 0. The highest BCUT2D eigenvalue weighted by atomic mass is 79.9. The van der Waals surface area contributed by atoms with Crippen molar-refractivity contribution in [3.8, 4) is 0 Å². The highest BCUT2D eigenvalue weighted by Crippen LogP contribution is 2.14. The molecule has 3 nitrogen and oxygen atoms in total. The lowest BCUT2D eigenvalue weighted by atomic mass is 10.2. The molecule has 0 radical (unpaired) electrons. The molecule has 0 spiro atoms. The number of carbonyl (C=O) groups is 1. The molecule has 18 heavy (non-hydrogen) atoms. The molecule has 0 fully saturated rings. The molecular formula is C14H19BrO3. The lowest BCUT2D eigenvalue weighted by Crippen LogP contribution is -2.26. The van der Waals surface area contributed by atoms with Gasteiger partial charge in [-0.25, -0.2) is 4.79 Å². The largest absolute Gasteiger partial charge is 0.464 e. The summed E-state index contributed by atoms with van der Waals surface area (Å²) in [6.07, 6.45) is 1.11. The lowest BCUT2D eigenvalue weighted by Gasteiger charge is -2.15. The summed E-state index contributed by atoms with van der Waals surface area (Å²) in [5, 5.41) is 0. The second kappa shape index (κ2) is 8.27. The fourth-order valence-corrected chi connectivity index (χ4v) is 2.04. The van der Waals surface area contributed by atoms with Gasteiger partial charge in [0.15, 0.2) is 6.10 Å². The first-order chi connectivity index (χ1) is 8.67. The average molecular weight is 315 g/mol. The Kier molecular flexibility index (Phi) is 6.98. The van der Waals surface area contributed by atoms with Crippen LogP contribution in [0.4, 0.5) is 0 Å². The van der Waals surface area contributed by atoms with Crippen LogP contribution in [-0.2, 0) is 20.9 Å².